The smallest absolute Gasteiger partial charge is 0.186 e. The molecule has 15 N–H and O–H groups in total. The van der Waals surface area contributed by atoms with E-state index in [-0.39, 0.29) is 125 Å². The SMILES string of the molecule is CC(C)C(=O)C(C)(C)C.CC(C)C(=O)C(N)CN.CC(C)C(=O)C1CCCC1.CC(C)C(=O)CC(C)(C)C.CC(C)C(=O)CCCN.CC(C)C(=O)CCN.CC(C)C(=O)CN.CC(C)C(=O)CN=C(N)N.CC(C)C(=O)c1cnc[nH]1.CCC(=O)C(C)C. The standard InChI is InChI=1S/C9H16O.C9H18O.C8H16O.C7H10N2O.C7H15NO.C6H13N3O.C6H14N2O.C6H13NO.C6H12O.C5H11NO/c1-7(2)9(10)8-5-3-4-6-8;1-7(2)8(10)6-9(3,4)5;1-6(2)7(9)8(3,4)5;1-5(2)7(10)6-3-8-4-9-6;1-6(2)7(9)4-3-5-8;1-4(2)5(10)3-9-6(7)8;1-4(2)6(9)5(8)3-7;1-5(2)6(8)3-4-7;1-4-6(7)5(2)3;1-4(2)5(7)3-6/h7-8H,3-6H2,1-2H3;7H,6H2,1-5H3;6H,1-5H3;3-5H,1-2H3,(H,8,9);6H,3-5,8H2,1-2H3;4H,3H2,1-2H3,(H4,7,8,9);4-5H,3,7-8H2,1-2H3;5H,3-4,7H2,1-2H3;5H,4H2,1-3H3;4H,3,6H2,1-2H3. The van der Waals surface area contributed by atoms with E-state index in [0.717, 1.165) is 19.3 Å². The van der Waals surface area contributed by atoms with E-state index in [4.69, 9.17) is 40.1 Å². The number of carbonyl (C=O) groups is 10. The quantitative estimate of drug-likeness (QED) is 0.0271. The van der Waals surface area contributed by atoms with Crippen molar-refractivity contribution in [2.45, 2.75) is 251 Å². The third-order valence-corrected chi connectivity index (χ3v) is 12.6. The number of nitrogens with one attached hydrogen (secondary N) is 1. The zero-order valence-corrected chi connectivity index (χ0v) is 61.5. The van der Waals surface area contributed by atoms with Crippen molar-refractivity contribution in [3.8, 4) is 0 Å². The Bertz CT molecular complexity index is 2050. The molecular weight excluding hydrogens is 1130 g/mol. The molecule has 1 heterocycles. The third kappa shape index (κ3) is 67.2. The first kappa shape index (κ1) is 100. The maximum Gasteiger partial charge on any atom is 0.186 e. The first-order valence-electron chi connectivity index (χ1n) is 32.4. The van der Waals surface area contributed by atoms with E-state index < -0.39 is 6.04 Å². The van der Waals surface area contributed by atoms with Gasteiger partial charge < -0.3 is 45.1 Å². The van der Waals surface area contributed by atoms with Crippen molar-refractivity contribution < 1.29 is 47.9 Å². The van der Waals surface area contributed by atoms with Crippen LogP contribution in [0.5, 0.6) is 0 Å². The van der Waals surface area contributed by atoms with Crippen molar-refractivity contribution >= 4 is 63.8 Å². The molecule has 0 bridgehead atoms. The summed E-state index contributed by atoms with van der Waals surface area (Å²) in [6.07, 6.45) is 11.3. The Morgan fingerprint density at radius 3 is 1.15 bits per heavy atom. The molecule has 1 aromatic rings. The lowest BCUT2D eigenvalue weighted by molar-refractivity contribution is -0.129. The summed E-state index contributed by atoms with van der Waals surface area (Å²) >= 11 is 0. The van der Waals surface area contributed by atoms with Crippen LogP contribution >= 0.6 is 0 Å². The van der Waals surface area contributed by atoms with Gasteiger partial charge in [0.15, 0.2) is 23.3 Å². The number of ketones is 10. The fourth-order valence-electron chi connectivity index (χ4n) is 6.51. The van der Waals surface area contributed by atoms with Gasteiger partial charge in [0.1, 0.15) is 52.7 Å². The lowest BCUT2D eigenvalue weighted by atomic mass is 9.85. The van der Waals surface area contributed by atoms with Crippen LogP contribution in [0.25, 0.3) is 0 Å². The molecule has 89 heavy (non-hydrogen) atoms. The van der Waals surface area contributed by atoms with Gasteiger partial charge in [0, 0.05) is 103 Å². The second-order valence-corrected chi connectivity index (χ2v) is 27.4. The number of H-pyrrole nitrogens is 1. The van der Waals surface area contributed by atoms with Crippen LogP contribution in [0.1, 0.15) is 255 Å². The summed E-state index contributed by atoms with van der Waals surface area (Å²) in [6, 6.07) is -0.468. The molecule has 1 atom stereocenters. The number of imidazole rings is 1. The first-order chi connectivity index (χ1) is 40.5. The van der Waals surface area contributed by atoms with Gasteiger partial charge in [-0.1, -0.05) is 200 Å². The second kappa shape index (κ2) is 58.1. The summed E-state index contributed by atoms with van der Waals surface area (Å²) in [7, 11) is 0. The summed E-state index contributed by atoms with van der Waals surface area (Å²) in [5.74, 6) is 4.14. The summed E-state index contributed by atoms with van der Waals surface area (Å²) in [5.41, 5.74) is 36.5. The molecule has 0 saturated heterocycles. The molecule has 524 valence electrons. The molecule has 1 saturated carbocycles. The Morgan fingerprint density at radius 2 is 0.955 bits per heavy atom. The van der Waals surface area contributed by atoms with Crippen molar-refractivity contribution in [2.75, 3.05) is 32.7 Å². The first-order valence-corrected chi connectivity index (χ1v) is 32.4. The van der Waals surface area contributed by atoms with Crippen molar-refractivity contribution in [1.29, 1.82) is 0 Å². The number of aromatic amines is 1. The van der Waals surface area contributed by atoms with Crippen LogP contribution in [-0.4, -0.2) is 113 Å². The number of nitrogens with two attached hydrogens (primary N) is 7. The predicted molar refractivity (Wildman–Crippen MR) is 371 cm³/mol. The maximum atomic E-state index is 11.3. The van der Waals surface area contributed by atoms with Gasteiger partial charge in [-0.05, 0) is 37.8 Å². The van der Waals surface area contributed by atoms with E-state index in [9.17, 15) is 47.9 Å². The normalized spacial score (nSPS) is 12.0. The number of carbonyl (C=O) groups excluding carboxylic acids is 10. The zero-order chi connectivity index (χ0) is 72.3. The molecule has 1 aliphatic carbocycles. The largest absolute Gasteiger partial charge is 0.370 e. The van der Waals surface area contributed by atoms with E-state index in [1.165, 1.54) is 19.2 Å². The minimum absolute atomic E-state index is 0.00287. The number of nitrogens with zero attached hydrogens (tertiary/aromatic N) is 2. The van der Waals surface area contributed by atoms with E-state index in [0.29, 0.717) is 79.3 Å². The van der Waals surface area contributed by atoms with E-state index in [1.807, 2.05) is 166 Å². The molecule has 20 heteroatoms. The van der Waals surface area contributed by atoms with Crippen molar-refractivity contribution in [2.24, 2.45) is 121 Å². The van der Waals surface area contributed by atoms with Gasteiger partial charge in [0.05, 0.1) is 25.1 Å². The Morgan fingerprint density at radius 1 is 0.539 bits per heavy atom. The van der Waals surface area contributed by atoms with Crippen LogP contribution in [0.2, 0.25) is 0 Å². The molecule has 0 amide bonds. The number of aliphatic imine (C=N–C) groups is 1. The molecule has 0 spiro atoms. The van der Waals surface area contributed by atoms with Crippen LogP contribution in [0.4, 0.5) is 0 Å². The van der Waals surface area contributed by atoms with Crippen LogP contribution in [0.15, 0.2) is 17.5 Å². The number of guanidine groups is 1. The lowest BCUT2D eigenvalue weighted by Crippen LogP contribution is -2.40. The highest BCUT2D eigenvalue weighted by Crippen LogP contribution is 2.27. The van der Waals surface area contributed by atoms with E-state index >= 15 is 0 Å². The molecule has 20 nitrogen and oxygen atoms in total. The summed E-state index contributed by atoms with van der Waals surface area (Å²) in [5, 5.41) is 0. The number of rotatable bonds is 24. The Hall–Kier alpha value is -5.02. The zero-order valence-electron chi connectivity index (χ0n) is 61.5. The maximum absolute atomic E-state index is 11.3. The van der Waals surface area contributed by atoms with Crippen LogP contribution < -0.4 is 40.1 Å². The fourth-order valence-corrected chi connectivity index (χ4v) is 6.51. The number of aromatic nitrogens is 2. The highest BCUT2D eigenvalue weighted by molar-refractivity contribution is 5.95. The van der Waals surface area contributed by atoms with Gasteiger partial charge >= 0.3 is 0 Å². The molecule has 0 radical (unpaired) electrons. The van der Waals surface area contributed by atoms with Gasteiger partial charge in [-0.25, -0.2) is 9.98 Å². The Kier molecular flexibility index (Phi) is 65.4. The average molecular weight is 1270 g/mol. The summed E-state index contributed by atoms with van der Waals surface area (Å²) in [6.45, 7) is 53.6. The predicted octanol–water partition coefficient (Wildman–Crippen LogP) is 10.8. The van der Waals surface area contributed by atoms with Crippen molar-refractivity contribution in [1.82, 2.24) is 9.97 Å². The Balaban J connectivity index is -0.000000137. The fraction of sp³-hybridized carbons (Fsp3) is 0.797. The average Bonchev–Trinajstić information content (AvgIpc) is 4.20. The Labute approximate surface area is 542 Å². The topological polar surface area (TPSA) is 394 Å². The lowest BCUT2D eigenvalue weighted by Gasteiger charge is -2.18. The van der Waals surface area contributed by atoms with Crippen LogP contribution in [-0.2, 0) is 43.2 Å². The summed E-state index contributed by atoms with van der Waals surface area (Å²) in [4.78, 5) is 119. The molecular formula is C69H138N10O10. The van der Waals surface area contributed by atoms with Gasteiger partial charge in [-0.2, -0.15) is 0 Å². The number of Topliss-reactive ketones (excluding diaryl/α,β-unsaturated/α-hetero) is 10. The molecule has 1 aliphatic rings. The van der Waals surface area contributed by atoms with Gasteiger partial charge in [0.25, 0.3) is 0 Å². The molecule has 1 unspecified atom stereocenters. The number of hydrogen-bond acceptors (Lipinski definition) is 17. The van der Waals surface area contributed by atoms with Crippen molar-refractivity contribution in [3.63, 3.8) is 0 Å². The molecule has 0 aliphatic heterocycles. The highest BCUT2D eigenvalue weighted by atomic mass is 16.2. The van der Waals surface area contributed by atoms with Gasteiger partial charge in [-0.3, -0.25) is 47.9 Å². The van der Waals surface area contributed by atoms with Crippen LogP contribution in [0, 0.1) is 75.9 Å². The van der Waals surface area contributed by atoms with E-state index in [1.54, 1.807) is 6.20 Å². The van der Waals surface area contributed by atoms with E-state index in [2.05, 4.69) is 35.7 Å². The number of hydrogen-bond donors (Lipinski definition) is 8. The van der Waals surface area contributed by atoms with Gasteiger partial charge in [0.2, 0.25) is 0 Å². The van der Waals surface area contributed by atoms with Crippen LogP contribution in [0.3, 0.4) is 0 Å². The molecule has 2 rings (SSSR count). The monoisotopic (exact) mass is 1270 g/mol. The minimum Gasteiger partial charge on any atom is -0.370 e. The van der Waals surface area contributed by atoms with Crippen molar-refractivity contribution in [3.05, 3.63) is 18.2 Å². The molecule has 1 fully saturated rings. The summed E-state index contributed by atoms with van der Waals surface area (Å²) < 4.78 is 0. The third-order valence-electron chi connectivity index (χ3n) is 12.6. The van der Waals surface area contributed by atoms with Gasteiger partial charge in [-0.15, -0.1) is 0 Å². The highest BCUT2D eigenvalue weighted by Gasteiger charge is 2.25. The second-order valence-electron chi connectivity index (χ2n) is 27.4. The molecule has 1 aromatic heterocycles. The minimum atomic E-state index is -0.468. The molecule has 0 aromatic carbocycles.